The second kappa shape index (κ2) is 8.64. The number of hydrogen-bond acceptors (Lipinski definition) is 6. The van der Waals surface area contributed by atoms with Gasteiger partial charge in [-0.05, 0) is 24.3 Å². The van der Waals surface area contributed by atoms with Gasteiger partial charge in [-0.1, -0.05) is 0 Å². The van der Waals surface area contributed by atoms with Crippen LogP contribution in [0.2, 0.25) is 0 Å². The third-order valence-corrected chi connectivity index (χ3v) is 4.74. The molecule has 6 nitrogen and oxygen atoms in total. The number of thiazole rings is 1. The van der Waals surface area contributed by atoms with Gasteiger partial charge >= 0.3 is 0 Å². The first kappa shape index (κ1) is 18.2. The van der Waals surface area contributed by atoms with Gasteiger partial charge in [-0.25, -0.2) is 4.99 Å². The second-order valence-corrected chi connectivity index (χ2v) is 6.27. The van der Waals surface area contributed by atoms with Crippen LogP contribution in [0.25, 0.3) is 11.3 Å². The molecule has 3 aromatic rings. The van der Waals surface area contributed by atoms with Crippen molar-refractivity contribution < 1.29 is 14.2 Å². The Labute approximate surface area is 156 Å². The van der Waals surface area contributed by atoms with Gasteiger partial charge in [0.05, 0.1) is 38.4 Å². The number of pyridine rings is 1. The van der Waals surface area contributed by atoms with E-state index in [1.54, 1.807) is 45.1 Å². The van der Waals surface area contributed by atoms with Crippen LogP contribution in [0.15, 0.2) is 53.1 Å². The molecule has 1 aromatic carbocycles. The lowest BCUT2D eigenvalue weighted by atomic mass is 10.1. The first-order valence-corrected chi connectivity index (χ1v) is 8.99. The number of benzene rings is 1. The summed E-state index contributed by atoms with van der Waals surface area (Å²) in [4.78, 5) is 9.73. The van der Waals surface area contributed by atoms with Gasteiger partial charge in [-0.15, -0.1) is 11.3 Å². The number of aromatic nitrogens is 2. The average molecular weight is 371 g/mol. The molecule has 0 amide bonds. The van der Waals surface area contributed by atoms with Crippen LogP contribution in [0.5, 0.6) is 11.5 Å². The zero-order chi connectivity index (χ0) is 18.4. The molecular formula is C19H21N3O3S. The normalized spacial score (nSPS) is 11.6. The van der Waals surface area contributed by atoms with E-state index in [0.29, 0.717) is 13.2 Å². The van der Waals surface area contributed by atoms with E-state index in [4.69, 9.17) is 19.2 Å². The van der Waals surface area contributed by atoms with Crippen molar-refractivity contribution in [1.29, 1.82) is 0 Å². The molecule has 0 unspecified atom stereocenters. The number of rotatable bonds is 7. The largest absolute Gasteiger partial charge is 0.497 e. The van der Waals surface area contributed by atoms with Crippen molar-refractivity contribution >= 4 is 17.0 Å². The number of hydrogen-bond donors (Lipinski definition) is 0. The van der Waals surface area contributed by atoms with Crippen LogP contribution >= 0.6 is 11.3 Å². The summed E-state index contributed by atoms with van der Waals surface area (Å²) in [7, 11) is 4.99. The minimum Gasteiger partial charge on any atom is -0.497 e. The Morgan fingerprint density at radius 3 is 2.73 bits per heavy atom. The maximum atomic E-state index is 5.57. The van der Waals surface area contributed by atoms with E-state index in [0.717, 1.165) is 33.2 Å². The first-order chi connectivity index (χ1) is 12.8. The minimum atomic E-state index is 0.586. The van der Waals surface area contributed by atoms with Gasteiger partial charge in [0.15, 0.2) is 4.80 Å². The summed E-state index contributed by atoms with van der Waals surface area (Å²) < 4.78 is 18.3. The molecule has 0 N–H and O–H groups in total. The van der Waals surface area contributed by atoms with E-state index < -0.39 is 0 Å². The van der Waals surface area contributed by atoms with Gasteiger partial charge in [-0.2, -0.15) is 0 Å². The Morgan fingerprint density at radius 2 is 2.04 bits per heavy atom. The van der Waals surface area contributed by atoms with Crippen LogP contribution in [-0.4, -0.2) is 37.5 Å². The molecule has 2 aromatic heterocycles. The standard InChI is InChI=1S/C19H21N3O3S/c1-23-10-9-22-17(16-7-6-15(24-2)11-18(16)25-3)13-26-19(22)21-14-5-4-8-20-12-14/h4-8,11-13H,9-10H2,1-3H3. The molecule has 0 radical (unpaired) electrons. The molecule has 0 fully saturated rings. The van der Waals surface area contributed by atoms with Gasteiger partial charge in [0.1, 0.15) is 11.5 Å². The highest BCUT2D eigenvalue weighted by Crippen LogP contribution is 2.33. The van der Waals surface area contributed by atoms with Gasteiger partial charge in [0.25, 0.3) is 0 Å². The third kappa shape index (κ3) is 3.95. The van der Waals surface area contributed by atoms with Gasteiger partial charge in [0.2, 0.25) is 0 Å². The van der Waals surface area contributed by atoms with Crippen molar-refractivity contribution in [3.05, 3.63) is 52.9 Å². The molecule has 0 spiro atoms. The van der Waals surface area contributed by atoms with Crippen molar-refractivity contribution in [3.63, 3.8) is 0 Å². The highest BCUT2D eigenvalue weighted by atomic mass is 32.1. The number of methoxy groups -OCH3 is 3. The molecule has 0 aliphatic carbocycles. The van der Waals surface area contributed by atoms with Crippen LogP contribution in [0.1, 0.15) is 0 Å². The van der Waals surface area contributed by atoms with E-state index in [1.165, 1.54) is 0 Å². The summed E-state index contributed by atoms with van der Waals surface area (Å²) in [5, 5.41) is 2.08. The SMILES string of the molecule is COCCn1c(-c2ccc(OC)cc2OC)csc1=Nc1cccnc1. The highest BCUT2D eigenvalue weighted by Gasteiger charge is 2.14. The summed E-state index contributed by atoms with van der Waals surface area (Å²) >= 11 is 1.57. The zero-order valence-corrected chi connectivity index (χ0v) is 15.8. The number of ether oxygens (including phenoxy) is 3. The zero-order valence-electron chi connectivity index (χ0n) is 15.0. The molecule has 0 saturated heterocycles. The van der Waals surface area contributed by atoms with Crippen LogP contribution in [-0.2, 0) is 11.3 Å². The molecule has 0 atom stereocenters. The maximum absolute atomic E-state index is 5.57. The van der Waals surface area contributed by atoms with E-state index in [-0.39, 0.29) is 0 Å². The summed E-state index contributed by atoms with van der Waals surface area (Å²) in [5.41, 5.74) is 2.82. The molecule has 7 heteroatoms. The smallest absolute Gasteiger partial charge is 0.190 e. The van der Waals surface area contributed by atoms with Gasteiger partial charge in [-0.3, -0.25) is 4.98 Å². The monoisotopic (exact) mass is 371 g/mol. The van der Waals surface area contributed by atoms with E-state index >= 15 is 0 Å². The fourth-order valence-electron chi connectivity index (χ4n) is 2.57. The predicted molar refractivity (Wildman–Crippen MR) is 102 cm³/mol. The number of nitrogens with zero attached hydrogens (tertiary/aromatic N) is 3. The van der Waals surface area contributed by atoms with Crippen molar-refractivity contribution in [3.8, 4) is 22.8 Å². The fraction of sp³-hybridized carbons (Fsp3) is 0.263. The van der Waals surface area contributed by atoms with Crippen LogP contribution in [0.4, 0.5) is 5.69 Å². The lowest BCUT2D eigenvalue weighted by molar-refractivity contribution is 0.187. The van der Waals surface area contributed by atoms with Crippen LogP contribution in [0.3, 0.4) is 0 Å². The van der Waals surface area contributed by atoms with Crippen molar-refractivity contribution in [2.45, 2.75) is 6.54 Å². The summed E-state index contributed by atoms with van der Waals surface area (Å²) in [6, 6.07) is 9.61. The molecule has 0 saturated carbocycles. The molecule has 136 valence electrons. The summed E-state index contributed by atoms with van der Waals surface area (Å²) in [6.45, 7) is 1.27. The Kier molecular flexibility index (Phi) is 6.04. The molecule has 26 heavy (non-hydrogen) atoms. The molecule has 0 bridgehead atoms. The Hall–Kier alpha value is -2.64. The second-order valence-electron chi connectivity index (χ2n) is 5.44. The van der Waals surface area contributed by atoms with Crippen LogP contribution < -0.4 is 14.3 Å². The average Bonchev–Trinajstić information content (AvgIpc) is 3.08. The maximum Gasteiger partial charge on any atom is 0.190 e. The van der Waals surface area contributed by atoms with Gasteiger partial charge in [0, 0.05) is 36.9 Å². The molecular weight excluding hydrogens is 350 g/mol. The molecule has 0 aliphatic heterocycles. The van der Waals surface area contributed by atoms with E-state index in [9.17, 15) is 0 Å². The topological polar surface area (TPSA) is 57.9 Å². The lowest BCUT2D eigenvalue weighted by Gasteiger charge is -2.13. The summed E-state index contributed by atoms with van der Waals surface area (Å²) in [6.07, 6.45) is 3.48. The van der Waals surface area contributed by atoms with Crippen molar-refractivity contribution in [1.82, 2.24) is 9.55 Å². The summed E-state index contributed by atoms with van der Waals surface area (Å²) in [5.74, 6) is 1.51. The van der Waals surface area contributed by atoms with Crippen LogP contribution in [0, 0.1) is 0 Å². The predicted octanol–water partition coefficient (Wildman–Crippen LogP) is 3.51. The minimum absolute atomic E-state index is 0.586. The third-order valence-electron chi connectivity index (χ3n) is 3.87. The van der Waals surface area contributed by atoms with Gasteiger partial charge < -0.3 is 18.8 Å². The molecule has 3 rings (SSSR count). The Bertz CT molecular complexity index is 919. The highest BCUT2D eigenvalue weighted by molar-refractivity contribution is 7.07. The first-order valence-electron chi connectivity index (χ1n) is 8.11. The van der Waals surface area contributed by atoms with E-state index in [2.05, 4.69) is 14.9 Å². The Morgan fingerprint density at radius 1 is 1.15 bits per heavy atom. The Balaban J connectivity index is 2.12. The van der Waals surface area contributed by atoms with Crippen molar-refractivity contribution in [2.75, 3.05) is 27.9 Å². The van der Waals surface area contributed by atoms with Crippen molar-refractivity contribution in [2.24, 2.45) is 4.99 Å². The lowest BCUT2D eigenvalue weighted by Crippen LogP contribution is -2.18. The fourth-order valence-corrected chi connectivity index (χ4v) is 3.52. The molecule has 0 aliphatic rings. The quantitative estimate of drug-likeness (QED) is 0.638. The van der Waals surface area contributed by atoms with E-state index in [1.807, 2.05) is 30.3 Å². The molecule has 2 heterocycles.